The van der Waals surface area contributed by atoms with Gasteiger partial charge >= 0.3 is 0 Å². The Labute approximate surface area is 113 Å². The van der Waals surface area contributed by atoms with Gasteiger partial charge in [-0.05, 0) is 41.5 Å². The smallest absolute Gasteiger partial charge is 0.224 e. The van der Waals surface area contributed by atoms with Crippen LogP contribution in [-0.2, 0) is 17.6 Å². The molecule has 0 aromatic heterocycles. The molecule has 0 bridgehead atoms. The van der Waals surface area contributed by atoms with Crippen molar-refractivity contribution >= 4 is 5.91 Å². The van der Waals surface area contributed by atoms with Crippen molar-refractivity contribution in [1.82, 2.24) is 0 Å². The summed E-state index contributed by atoms with van der Waals surface area (Å²) in [6.45, 7) is 0. The minimum Gasteiger partial charge on any atom is -0.369 e. The van der Waals surface area contributed by atoms with Gasteiger partial charge in [0.05, 0.1) is 5.92 Å². The van der Waals surface area contributed by atoms with Crippen molar-refractivity contribution in [3.8, 4) is 0 Å². The number of benzene rings is 2. The number of carbonyl (C=O) groups excluding carboxylic acids is 1. The van der Waals surface area contributed by atoms with Gasteiger partial charge in [0.2, 0.25) is 5.91 Å². The Morgan fingerprint density at radius 1 is 1.11 bits per heavy atom. The van der Waals surface area contributed by atoms with Crippen molar-refractivity contribution in [3.63, 3.8) is 0 Å². The summed E-state index contributed by atoms with van der Waals surface area (Å²) in [7, 11) is 0. The molecule has 0 spiro atoms. The summed E-state index contributed by atoms with van der Waals surface area (Å²) in [6, 6.07) is 16.8. The summed E-state index contributed by atoms with van der Waals surface area (Å²) < 4.78 is 0. The van der Waals surface area contributed by atoms with Gasteiger partial charge in [-0.2, -0.15) is 0 Å². The zero-order valence-corrected chi connectivity index (χ0v) is 10.8. The monoisotopic (exact) mass is 251 g/mol. The molecule has 2 aromatic carbocycles. The maximum Gasteiger partial charge on any atom is 0.224 e. The zero-order valence-electron chi connectivity index (χ0n) is 10.8. The second kappa shape index (κ2) is 4.88. The molecule has 19 heavy (non-hydrogen) atoms. The van der Waals surface area contributed by atoms with E-state index in [4.69, 9.17) is 5.73 Å². The fraction of sp³-hybridized carbons (Fsp3) is 0.235. The summed E-state index contributed by atoms with van der Waals surface area (Å²) in [6.07, 6.45) is 2.73. The van der Waals surface area contributed by atoms with Gasteiger partial charge < -0.3 is 5.73 Å². The fourth-order valence-corrected chi connectivity index (χ4v) is 2.89. The van der Waals surface area contributed by atoms with Crippen molar-refractivity contribution in [1.29, 1.82) is 0 Å². The average molecular weight is 251 g/mol. The first kappa shape index (κ1) is 12.0. The molecule has 3 rings (SSSR count). The number of carbonyl (C=O) groups is 1. The maximum absolute atomic E-state index is 11.5. The van der Waals surface area contributed by atoms with Gasteiger partial charge in [-0.3, -0.25) is 4.79 Å². The summed E-state index contributed by atoms with van der Waals surface area (Å²) >= 11 is 0. The van der Waals surface area contributed by atoms with Gasteiger partial charge in [0.1, 0.15) is 0 Å². The zero-order chi connectivity index (χ0) is 13.2. The Bertz CT molecular complexity index is 604. The lowest BCUT2D eigenvalue weighted by Gasteiger charge is -2.09. The predicted octanol–water partition coefficient (Wildman–Crippen LogP) is 2.79. The SMILES string of the molecule is NC(=O)C1CCc2ccc(Cc3ccccc3)cc21. The van der Waals surface area contributed by atoms with E-state index in [-0.39, 0.29) is 11.8 Å². The highest BCUT2D eigenvalue weighted by molar-refractivity contribution is 5.83. The van der Waals surface area contributed by atoms with E-state index in [2.05, 4.69) is 42.5 Å². The molecule has 1 aliphatic rings. The second-order valence-corrected chi connectivity index (χ2v) is 5.19. The Balaban J connectivity index is 1.89. The molecule has 96 valence electrons. The largest absolute Gasteiger partial charge is 0.369 e. The lowest BCUT2D eigenvalue weighted by molar-refractivity contribution is -0.119. The summed E-state index contributed by atoms with van der Waals surface area (Å²) in [4.78, 5) is 11.5. The topological polar surface area (TPSA) is 43.1 Å². The van der Waals surface area contributed by atoms with Crippen LogP contribution >= 0.6 is 0 Å². The normalized spacial score (nSPS) is 17.2. The standard InChI is InChI=1S/C17H17NO/c18-17(19)15-9-8-14-7-6-13(11-16(14)15)10-12-4-2-1-3-5-12/h1-7,11,15H,8-10H2,(H2,18,19). The highest BCUT2D eigenvalue weighted by Crippen LogP contribution is 2.33. The van der Waals surface area contributed by atoms with Crippen LogP contribution in [0.5, 0.6) is 0 Å². The van der Waals surface area contributed by atoms with Crippen molar-refractivity contribution in [2.75, 3.05) is 0 Å². The Kier molecular flexibility index (Phi) is 3.08. The molecule has 2 N–H and O–H groups in total. The van der Waals surface area contributed by atoms with Gasteiger partial charge in [-0.1, -0.05) is 48.5 Å². The van der Waals surface area contributed by atoms with Gasteiger partial charge in [-0.15, -0.1) is 0 Å². The molecular weight excluding hydrogens is 234 g/mol. The van der Waals surface area contributed by atoms with E-state index in [1.807, 2.05) is 6.07 Å². The van der Waals surface area contributed by atoms with Crippen LogP contribution in [0.25, 0.3) is 0 Å². The molecule has 0 saturated heterocycles. The molecule has 1 aliphatic carbocycles. The average Bonchev–Trinajstić information content (AvgIpc) is 2.83. The lowest BCUT2D eigenvalue weighted by atomic mass is 9.96. The van der Waals surface area contributed by atoms with Crippen LogP contribution < -0.4 is 5.73 Å². The molecule has 0 heterocycles. The number of primary amides is 1. The quantitative estimate of drug-likeness (QED) is 0.895. The Morgan fingerprint density at radius 2 is 1.89 bits per heavy atom. The first-order valence-corrected chi connectivity index (χ1v) is 6.69. The number of amides is 1. The van der Waals surface area contributed by atoms with E-state index in [1.165, 1.54) is 16.7 Å². The van der Waals surface area contributed by atoms with E-state index in [9.17, 15) is 4.79 Å². The van der Waals surface area contributed by atoms with E-state index in [0.717, 1.165) is 24.8 Å². The molecule has 1 unspecified atom stereocenters. The number of aryl methyl sites for hydroxylation is 1. The minimum absolute atomic E-state index is 0.0919. The molecule has 2 nitrogen and oxygen atoms in total. The molecule has 2 heteroatoms. The molecule has 2 aromatic rings. The first-order chi connectivity index (χ1) is 9.24. The van der Waals surface area contributed by atoms with Crippen LogP contribution in [0, 0.1) is 0 Å². The van der Waals surface area contributed by atoms with E-state index >= 15 is 0 Å². The molecule has 0 saturated carbocycles. The maximum atomic E-state index is 11.5. The Hall–Kier alpha value is -2.09. The second-order valence-electron chi connectivity index (χ2n) is 5.19. The number of rotatable bonds is 3. The third-order valence-corrected chi connectivity index (χ3v) is 3.88. The summed E-state index contributed by atoms with van der Waals surface area (Å²) in [5.41, 5.74) is 10.4. The van der Waals surface area contributed by atoms with E-state index in [0.29, 0.717) is 0 Å². The van der Waals surface area contributed by atoms with Crippen LogP contribution in [0.4, 0.5) is 0 Å². The van der Waals surface area contributed by atoms with Gasteiger partial charge in [0.15, 0.2) is 0 Å². The molecule has 0 fully saturated rings. The van der Waals surface area contributed by atoms with Gasteiger partial charge in [-0.25, -0.2) is 0 Å². The molecular formula is C17H17NO. The van der Waals surface area contributed by atoms with Crippen LogP contribution in [0.1, 0.15) is 34.6 Å². The van der Waals surface area contributed by atoms with Crippen LogP contribution in [0.3, 0.4) is 0 Å². The van der Waals surface area contributed by atoms with Crippen LogP contribution in [-0.4, -0.2) is 5.91 Å². The summed E-state index contributed by atoms with van der Waals surface area (Å²) in [5.74, 6) is -0.290. The Morgan fingerprint density at radius 3 is 2.63 bits per heavy atom. The number of fused-ring (bicyclic) bond motifs is 1. The van der Waals surface area contributed by atoms with E-state index in [1.54, 1.807) is 0 Å². The molecule has 0 radical (unpaired) electrons. The number of hydrogen-bond acceptors (Lipinski definition) is 1. The van der Waals surface area contributed by atoms with Crippen LogP contribution in [0.2, 0.25) is 0 Å². The van der Waals surface area contributed by atoms with Crippen LogP contribution in [0.15, 0.2) is 48.5 Å². The molecule has 1 amide bonds. The third-order valence-electron chi connectivity index (χ3n) is 3.88. The number of nitrogens with two attached hydrogens (primary N) is 1. The molecule has 0 aliphatic heterocycles. The first-order valence-electron chi connectivity index (χ1n) is 6.69. The summed E-state index contributed by atoms with van der Waals surface area (Å²) in [5, 5.41) is 0. The van der Waals surface area contributed by atoms with Crippen molar-refractivity contribution in [3.05, 3.63) is 70.8 Å². The molecule has 1 atom stereocenters. The highest BCUT2D eigenvalue weighted by atomic mass is 16.1. The third kappa shape index (κ3) is 2.39. The lowest BCUT2D eigenvalue weighted by Crippen LogP contribution is -2.19. The predicted molar refractivity (Wildman–Crippen MR) is 75.9 cm³/mol. The van der Waals surface area contributed by atoms with E-state index < -0.39 is 0 Å². The van der Waals surface area contributed by atoms with Crippen molar-refractivity contribution < 1.29 is 4.79 Å². The van der Waals surface area contributed by atoms with Gasteiger partial charge in [0.25, 0.3) is 0 Å². The highest BCUT2D eigenvalue weighted by Gasteiger charge is 2.26. The fourth-order valence-electron chi connectivity index (χ4n) is 2.89. The van der Waals surface area contributed by atoms with Crippen molar-refractivity contribution in [2.45, 2.75) is 25.2 Å². The van der Waals surface area contributed by atoms with Crippen molar-refractivity contribution in [2.24, 2.45) is 5.73 Å². The minimum atomic E-state index is -0.199. The number of hydrogen-bond donors (Lipinski definition) is 1. The van der Waals surface area contributed by atoms with Gasteiger partial charge in [0, 0.05) is 0 Å².